The van der Waals surface area contributed by atoms with Crippen LogP contribution in [-0.2, 0) is 14.8 Å². The number of sulfonamides is 1. The first-order chi connectivity index (χ1) is 11.9. The number of rotatable bonds is 3. The number of fused-ring (bicyclic) bond motifs is 2. The van der Waals surface area contributed by atoms with E-state index in [-0.39, 0.29) is 28.0 Å². The van der Waals surface area contributed by atoms with Gasteiger partial charge in [-0.2, -0.15) is 4.31 Å². The molecule has 3 aliphatic rings. The minimum atomic E-state index is -3.70. The Kier molecular flexibility index (Phi) is 4.06. The molecule has 1 aromatic rings. The van der Waals surface area contributed by atoms with Gasteiger partial charge in [-0.25, -0.2) is 8.42 Å². The Hall–Kier alpha value is -1.55. The number of non-ortho nitro benzene ring substituents is 1. The average molecular weight is 367 g/mol. The normalized spacial score (nSPS) is 29.0. The Bertz CT molecular complexity index is 773. The molecule has 136 valence electrons. The van der Waals surface area contributed by atoms with E-state index < -0.39 is 14.9 Å². The van der Waals surface area contributed by atoms with Gasteiger partial charge in [-0.1, -0.05) is 0 Å². The SMILES string of the molecule is O=[N+]([O-])c1ccc(S(=O)(=O)N2CC3(CCNCC3)[C@H]3COC[C@H]32)cc1. The fourth-order valence-electron chi connectivity index (χ4n) is 4.55. The maximum absolute atomic E-state index is 13.2. The zero-order valence-electron chi connectivity index (χ0n) is 13.8. The van der Waals surface area contributed by atoms with Crippen molar-refractivity contribution >= 4 is 15.7 Å². The summed E-state index contributed by atoms with van der Waals surface area (Å²) in [5, 5.41) is 14.1. The highest BCUT2D eigenvalue weighted by Gasteiger charge is 2.58. The van der Waals surface area contributed by atoms with Gasteiger partial charge in [-0.05, 0) is 43.5 Å². The van der Waals surface area contributed by atoms with Crippen molar-refractivity contribution in [2.45, 2.75) is 23.8 Å². The number of hydrogen-bond acceptors (Lipinski definition) is 6. The summed E-state index contributed by atoms with van der Waals surface area (Å²) in [5.41, 5.74) is -0.141. The molecule has 0 amide bonds. The summed E-state index contributed by atoms with van der Waals surface area (Å²) < 4.78 is 33.6. The maximum atomic E-state index is 13.2. The van der Waals surface area contributed by atoms with E-state index in [1.165, 1.54) is 24.3 Å². The third kappa shape index (κ3) is 2.66. The molecule has 3 aliphatic heterocycles. The Morgan fingerprint density at radius 1 is 1.20 bits per heavy atom. The fourth-order valence-corrected chi connectivity index (χ4v) is 6.29. The predicted molar refractivity (Wildman–Crippen MR) is 89.6 cm³/mol. The van der Waals surface area contributed by atoms with E-state index >= 15 is 0 Å². The van der Waals surface area contributed by atoms with Crippen LogP contribution in [-0.4, -0.2) is 56.5 Å². The topological polar surface area (TPSA) is 102 Å². The van der Waals surface area contributed by atoms with E-state index in [9.17, 15) is 18.5 Å². The highest BCUT2D eigenvalue weighted by molar-refractivity contribution is 7.89. The van der Waals surface area contributed by atoms with Gasteiger partial charge < -0.3 is 10.1 Å². The minimum Gasteiger partial charge on any atom is -0.379 e. The molecule has 1 aromatic carbocycles. The molecule has 0 aromatic heterocycles. The number of piperidine rings is 1. The van der Waals surface area contributed by atoms with Crippen LogP contribution in [0.2, 0.25) is 0 Å². The van der Waals surface area contributed by atoms with Crippen molar-refractivity contribution in [2.24, 2.45) is 11.3 Å². The lowest BCUT2D eigenvalue weighted by atomic mass is 9.70. The first-order valence-corrected chi connectivity index (χ1v) is 9.93. The van der Waals surface area contributed by atoms with Crippen molar-refractivity contribution in [1.29, 1.82) is 0 Å². The van der Waals surface area contributed by atoms with E-state index in [0.29, 0.717) is 19.8 Å². The Balaban J connectivity index is 1.66. The first-order valence-electron chi connectivity index (χ1n) is 8.49. The summed E-state index contributed by atoms with van der Waals surface area (Å²) in [6.07, 6.45) is 1.90. The molecule has 3 saturated heterocycles. The summed E-state index contributed by atoms with van der Waals surface area (Å²) in [5.74, 6) is 0.224. The smallest absolute Gasteiger partial charge is 0.269 e. The van der Waals surface area contributed by atoms with Gasteiger partial charge in [0.25, 0.3) is 5.69 Å². The molecular formula is C16H21N3O5S. The molecule has 3 fully saturated rings. The average Bonchev–Trinajstić information content (AvgIpc) is 3.20. The Morgan fingerprint density at radius 2 is 1.88 bits per heavy atom. The molecule has 1 N–H and O–H groups in total. The molecule has 3 heterocycles. The van der Waals surface area contributed by atoms with Crippen molar-refractivity contribution in [3.63, 3.8) is 0 Å². The molecule has 25 heavy (non-hydrogen) atoms. The van der Waals surface area contributed by atoms with E-state index in [1.54, 1.807) is 4.31 Å². The summed E-state index contributed by atoms with van der Waals surface area (Å²) in [6, 6.07) is 4.99. The maximum Gasteiger partial charge on any atom is 0.269 e. The molecular weight excluding hydrogens is 346 g/mol. The summed E-state index contributed by atoms with van der Waals surface area (Å²) in [7, 11) is -3.70. The van der Waals surface area contributed by atoms with Crippen molar-refractivity contribution in [2.75, 3.05) is 32.8 Å². The van der Waals surface area contributed by atoms with Crippen molar-refractivity contribution < 1.29 is 18.1 Å². The van der Waals surface area contributed by atoms with Crippen molar-refractivity contribution in [3.8, 4) is 0 Å². The van der Waals surface area contributed by atoms with E-state index in [1.807, 2.05) is 0 Å². The van der Waals surface area contributed by atoms with E-state index in [0.717, 1.165) is 25.9 Å². The van der Waals surface area contributed by atoms with Gasteiger partial charge in [0.15, 0.2) is 0 Å². The van der Waals surface area contributed by atoms with Crippen LogP contribution in [0.15, 0.2) is 29.2 Å². The van der Waals surface area contributed by atoms with Gasteiger partial charge in [0.2, 0.25) is 10.0 Å². The van der Waals surface area contributed by atoms with Crippen molar-refractivity contribution in [3.05, 3.63) is 34.4 Å². The minimum absolute atomic E-state index is 0.0275. The van der Waals surface area contributed by atoms with Crippen LogP contribution in [0.4, 0.5) is 5.69 Å². The Morgan fingerprint density at radius 3 is 2.52 bits per heavy atom. The van der Waals surface area contributed by atoms with Crippen molar-refractivity contribution in [1.82, 2.24) is 9.62 Å². The zero-order chi connectivity index (χ0) is 17.7. The number of nitrogens with zero attached hydrogens (tertiary/aromatic N) is 2. The first kappa shape index (κ1) is 16.9. The van der Waals surface area contributed by atoms with Crippen LogP contribution >= 0.6 is 0 Å². The monoisotopic (exact) mass is 367 g/mol. The predicted octanol–water partition coefficient (Wildman–Crippen LogP) is 0.984. The van der Waals surface area contributed by atoms with Gasteiger partial charge in [0.1, 0.15) is 0 Å². The quantitative estimate of drug-likeness (QED) is 0.631. The van der Waals surface area contributed by atoms with Crippen LogP contribution < -0.4 is 5.32 Å². The number of benzene rings is 1. The number of nitro groups is 1. The zero-order valence-corrected chi connectivity index (χ0v) is 14.6. The third-order valence-electron chi connectivity index (χ3n) is 5.93. The Labute approximate surface area is 146 Å². The molecule has 0 bridgehead atoms. The highest BCUT2D eigenvalue weighted by Crippen LogP contribution is 2.50. The van der Waals surface area contributed by atoms with Crippen LogP contribution in [0.1, 0.15) is 12.8 Å². The van der Waals surface area contributed by atoms with Crippen LogP contribution in [0.3, 0.4) is 0 Å². The molecule has 1 spiro atoms. The largest absolute Gasteiger partial charge is 0.379 e. The molecule has 2 atom stereocenters. The lowest BCUT2D eigenvalue weighted by Crippen LogP contribution is -2.43. The standard InChI is InChI=1S/C16H21N3O5S/c20-19(21)12-1-3-13(4-2-12)25(22,23)18-11-16(5-7-17-8-6-16)14-9-24-10-15(14)18/h1-4,14-15,17H,5-11H2/t14-,15+/m0/s1. The van der Waals surface area contributed by atoms with Gasteiger partial charge >= 0.3 is 0 Å². The summed E-state index contributed by atoms with van der Waals surface area (Å²) in [6.45, 7) is 3.33. The molecule has 0 radical (unpaired) electrons. The highest BCUT2D eigenvalue weighted by atomic mass is 32.2. The third-order valence-corrected chi connectivity index (χ3v) is 7.82. The van der Waals surface area contributed by atoms with Gasteiger partial charge in [0, 0.05) is 24.6 Å². The second-order valence-corrected chi connectivity index (χ2v) is 9.02. The summed E-state index contributed by atoms with van der Waals surface area (Å²) in [4.78, 5) is 10.4. The second kappa shape index (κ2) is 6.01. The van der Waals surface area contributed by atoms with Crippen LogP contribution in [0, 0.1) is 21.4 Å². The second-order valence-electron chi connectivity index (χ2n) is 7.12. The van der Waals surface area contributed by atoms with Gasteiger partial charge in [-0.15, -0.1) is 0 Å². The number of nitro benzene ring substituents is 1. The van der Waals surface area contributed by atoms with E-state index in [2.05, 4.69) is 5.32 Å². The molecule has 8 nitrogen and oxygen atoms in total. The molecule has 0 unspecified atom stereocenters. The fraction of sp³-hybridized carbons (Fsp3) is 0.625. The lowest BCUT2D eigenvalue weighted by molar-refractivity contribution is -0.384. The van der Waals surface area contributed by atoms with Crippen LogP contribution in [0.5, 0.6) is 0 Å². The van der Waals surface area contributed by atoms with Gasteiger partial charge in [-0.3, -0.25) is 10.1 Å². The van der Waals surface area contributed by atoms with E-state index in [4.69, 9.17) is 4.74 Å². The molecule has 0 saturated carbocycles. The lowest BCUT2D eigenvalue weighted by Gasteiger charge is -2.37. The molecule has 9 heteroatoms. The number of hydrogen-bond donors (Lipinski definition) is 1. The van der Waals surface area contributed by atoms with Gasteiger partial charge in [0.05, 0.1) is 29.1 Å². The molecule has 0 aliphatic carbocycles. The molecule has 4 rings (SSSR count). The number of ether oxygens (including phenoxy) is 1. The number of nitrogens with one attached hydrogen (secondary N) is 1. The van der Waals surface area contributed by atoms with Crippen LogP contribution in [0.25, 0.3) is 0 Å². The summed E-state index contributed by atoms with van der Waals surface area (Å²) >= 11 is 0.